The molecule has 0 radical (unpaired) electrons. The average molecular weight is 361 g/mol. The van der Waals surface area contributed by atoms with E-state index in [4.69, 9.17) is 17.3 Å². The number of aliphatic imine (C=N–C) groups is 2. The van der Waals surface area contributed by atoms with Crippen LogP contribution in [0.1, 0.15) is 32.3 Å². The Labute approximate surface area is 150 Å². The molecule has 0 aliphatic carbocycles. The molecule has 3 amide bonds. The Balaban J connectivity index is 2.12. The molecule has 0 saturated heterocycles. The smallest absolute Gasteiger partial charge is 0.398 e. The van der Waals surface area contributed by atoms with E-state index in [2.05, 4.69) is 9.98 Å². The molecule has 2 N–H and O–H groups in total. The molecule has 25 heavy (non-hydrogen) atoms. The van der Waals surface area contributed by atoms with Gasteiger partial charge in [-0.25, -0.2) is 9.59 Å². The van der Waals surface area contributed by atoms with E-state index in [-0.39, 0.29) is 11.7 Å². The van der Waals surface area contributed by atoms with E-state index in [0.717, 1.165) is 6.42 Å². The Kier molecular flexibility index (Phi) is 4.67. The number of urea groups is 1. The number of fused-ring (bicyclic) bond motifs is 1. The minimum absolute atomic E-state index is 0.186. The maximum Gasteiger partial charge on any atom is 0.446 e. The summed E-state index contributed by atoms with van der Waals surface area (Å²) in [5.74, 6) is 0.203. The molecule has 3 rings (SSSR count). The number of benzene rings is 1. The molecule has 2 aliphatic rings. The lowest BCUT2D eigenvalue weighted by atomic mass is 10.1. The molecule has 1 aromatic carbocycles. The minimum atomic E-state index is -0.416. The van der Waals surface area contributed by atoms with E-state index in [9.17, 15) is 9.59 Å². The number of hydrogen-bond acceptors (Lipinski definition) is 5. The first-order valence-electron chi connectivity index (χ1n) is 8.21. The molecule has 0 atom stereocenters. The predicted molar refractivity (Wildman–Crippen MR) is 97.7 cm³/mol. The van der Waals surface area contributed by atoms with Gasteiger partial charge in [-0.3, -0.25) is 0 Å². The van der Waals surface area contributed by atoms with E-state index in [1.165, 1.54) is 9.48 Å². The van der Waals surface area contributed by atoms with Gasteiger partial charge in [0.1, 0.15) is 0 Å². The summed E-state index contributed by atoms with van der Waals surface area (Å²) < 4.78 is 1.51. The highest BCUT2D eigenvalue weighted by molar-refractivity contribution is 6.70. The Morgan fingerprint density at radius 3 is 2.60 bits per heavy atom. The Hall–Kier alpha value is -2.54. The molecule has 0 aromatic heterocycles. The molecule has 2 aliphatic heterocycles. The van der Waals surface area contributed by atoms with E-state index in [1.54, 1.807) is 18.2 Å². The molecule has 0 bridgehead atoms. The summed E-state index contributed by atoms with van der Waals surface area (Å²) in [5.41, 5.74) is 7.19. The van der Waals surface area contributed by atoms with Gasteiger partial charge in [0.25, 0.3) is 0 Å². The summed E-state index contributed by atoms with van der Waals surface area (Å²) in [6, 6.07) is 4.64. The SMILES string of the molecule is CCCN1C(=O)C2=NC(c3ccc(Cl)cc3N)=NC2=[N+](CCC)C1=O. The first-order chi connectivity index (χ1) is 12.0. The topological polar surface area (TPSA) is 91.1 Å². The summed E-state index contributed by atoms with van der Waals surface area (Å²) in [5, 5.41) is 0.505. The van der Waals surface area contributed by atoms with E-state index < -0.39 is 5.91 Å². The van der Waals surface area contributed by atoms with Gasteiger partial charge in [0.15, 0.2) is 0 Å². The van der Waals surface area contributed by atoms with Crippen molar-refractivity contribution in [3.8, 4) is 0 Å². The van der Waals surface area contributed by atoms with Gasteiger partial charge in [-0.2, -0.15) is 14.5 Å². The van der Waals surface area contributed by atoms with E-state index in [0.29, 0.717) is 47.5 Å². The molecular weight excluding hydrogens is 342 g/mol. The van der Waals surface area contributed by atoms with Crippen LogP contribution in [0.3, 0.4) is 0 Å². The molecule has 0 fully saturated rings. The van der Waals surface area contributed by atoms with Gasteiger partial charge in [-0.15, -0.1) is 0 Å². The summed E-state index contributed by atoms with van der Waals surface area (Å²) in [6.45, 7) is 4.69. The van der Waals surface area contributed by atoms with Gasteiger partial charge >= 0.3 is 17.8 Å². The maximum absolute atomic E-state index is 12.7. The number of nitrogens with two attached hydrogens (primary N) is 1. The number of nitrogens with zero attached hydrogens (tertiary/aromatic N) is 4. The monoisotopic (exact) mass is 360 g/mol. The molecule has 0 unspecified atom stereocenters. The fourth-order valence-electron chi connectivity index (χ4n) is 2.82. The Morgan fingerprint density at radius 1 is 1.20 bits per heavy atom. The van der Waals surface area contributed by atoms with Crippen LogP contribution in [0.5, 0.6) is 0 Å². The lowest BCUT2D eigenvalue weighted by Crippen LogP contribution is -2.54. The largest absolute Gasteiger partial charge is 0.446 e. The second kappa shape index (κ2) is 6.76. The van der Waals surface area contributed by atoms with Crippen molar-refractivity contribution in [2.75, 3.05) is 18.8 Å². The number of halogens is 1. The predicted octanol–water partition coefficient (Wildman–Crippen LogP) is 2.32. The van der Waals surface area contributed by atoms with Crippen molar-refractivity contribution < 1.29 is 14.2 Å². The third-order valence-corrected chi connectivity index (χ3v) is 4.19. The summed E-state index contributed by atoms with van der Waals surface area (Å²) in [4.78, 5) is 35.4. The molecule has 0 spiro atoms. The zero-order valence-electron chi connectivity index (χ0n) is 14.1. The molecular formula is C17H19ClN5O2+. The molecule has 130 valence electrons. The number of imide groups is 1. The second-order valence-corrected chi connectivity index (χ2v) is 6.28. The van der Waals surface area contributed by atoms with Gasteiger partial charge in [0.2, 0.25) is 11.5 Å². The molecule has 8 heteroatoms. The van der Waals surface area contributed by atoms with Crippen LogP contribution < -0.4 is 5.73 Å². The Morgan fingerprint density at radius 2 is 1.96 bits per heavy atom. The summed E-state index contributed by atoms with van der Waals surface area (Å²) in [7, 11) is 0. The van der Waals surface area contributed by atoms with Crippen LogP contribution in [0.25, 0.3) is 0 Å². The van der Waals surface area contributed by atoms with Crippen LogP contribution in [-0.2, 0) is 4.79 Å². The summed E-state index contributed by atoms with van der Waals surface area (Å²) >= 11 is 5.93. The number of nitrogen functional groups attached to an aromatic ring is 1. The maximum atomic E-state index is 12.7. The van der Waals surface area contributed by atoms with Crippen molar-refractivity contribution in [2.24, 2.45) is 9.98 Å². The number of anilines is 1. The fraction of sp³-hybridized carbons (Fsp3) is 0.353. The highest BCUT2D eigenvalue weighted by Gasteiger charge is 2.47. The number of amides is 3. The lowest BCUT2D eigenvalue weighted by molar-refractivity contribution is -0.435. The van der Waals surface area contributed by atoms with Crippen molar-refractivity contribution in [3.05, 3.63) is 28.8 Å². The molecule has 0 saturated carbocycles. The van der Waals surface area contributed by atoms with E-state index in [1.807, 2.05) is 13.8 Å². The van der Waals surface area contributed by atoms with Crippen molar-refractivity contribution in [1.82, 2.24) is 4.90 Å². The molecule has 1 aromatic rings. The minimum Gasteiger partial charge on any atom is -0.398 e. The standard InChI is InChI=1S/C17H18ClN5O2/c1-3-7-22-15-13(16(24)23(8-4-2)17(22)25)20-14(21-15)11-6-5-10(18)9-12(11)19/h5-6,9,19H,3-4,7-8H2,1-2H3/p+1. The van der Waals surface area contributed by atoms with Crippen LogP contribution in [-0.4, -0.2) is 51.9 Å². The molecule has 7 nitrogen and oxygen atoms in total. The van der Waals surface area contributed by atoms with Crippen molar-refractivity contribution in [1.29, 1.82) is 0 Å². The van der Waals surface area contributed by atoms with Gasteiger partial charge in [0.05, 0.1) is 18.7 Å². The summed E-state index contributed by atoms with van der Waals surface area (Å²) in [6.07, 6.45) is 1.42. The highest BCUT2D eigenvalue weighted by Crippen LogP contribution is 2.23. The lowest BCUT2D eigenvalue weighted by Gasteiger charge is -2.21. The van der Waals surface area contributed by atoms with Crippen LogP contribution in [0, 0.1) is 0 Å². The number of hydrogen-bond donors (Lipinski definition) is 1. The second-order valence-electron chi connectivity index (χ2n) is 5.84. The third kappa shape index (κ3) is 2.95. The van der Waals surface area contributed by atoms with Gasteiger partial charge in [-0.05, 0) is 31.0 Å². The van der Waals surface area contributed by atoms with Gasteiger partial charge in [0, 0.05) is 10.7 Å². The highest BCUT2D eigenvalue weighted by atomic mass is 35.5. The van der Waals surface area contributed by atoms with Crippen molar-refractivity contribution in [3.63, 3.8) is 0 Å². The van der Waals surface area contributed by atoms with Crippen LogP contribution in [0.4, 0.5) is 10.5 Å². The van der Waals surface area contributed by atoms with Crippen LogP contribution >= 0.6 is 11.6 Å². The average Bonchev–Trinajstić information content (AvgIpc) is 3.00. The first kappa shape index (κ1) is 17.3. The molecule has 2 heterocycles. The van der Waals surface area contributed by atoms with Crippen LogP contribution in [0.2, 0.25) is 5.02 Å². The number of amidine groups is 2. The number of carbonyl (C=O) groups is 2. The first-order valence-corrected chi connectivity index (χ1v) is 8.59. The van der Waals surface area contributed by atoms with E-state index >= 15 is 0 Å². The van der Waals surface area contributed by atoms with Crippen LogP contribution in [0.15, 0.2) is 28.2 Å². The number of rotatable bonds is 5. The normalized spacial score (nSPS) is 17.0. The number of carbonyl (C=O) groups excluding carboxylic acids is 2. The van der Waals surface area contributed by atoms with Crippen molar-refractivity contribution in [2.45, 2.75) is 26.7 Å². The zero-order valence-corrected chi connectivity index (χ0v) is 14.9. The fourth-order valence-corrected chi connectivity index (χ4v) is 3.00. The Bertz CT molecular complexity index is 857. The van der Waals surface area contributed by atoms with Gasteiger partial charge < -0.3 is 5.73 Å². The quantitative estimate of drug-likeness (QED) is 0.645. The van der Waals surface area contributed by atoms with Crippen molar-refractivity contribution >= 4 is 46.6 Å². The zero-order chi connectivity index (χ0) is 18.1. The van der Waals surface area contributed by atoms with Gasteiger partial charge in [-0.1, -0.05) is 30.4 Å². The third-order valence-electron chi connectivity index (χ3n) is 3.96.